The standard InChI is InChI=1S/C18H14Br4N2O6/c1-7(8-2-4-9(5-3-8)24(29)30)10(6-25)23-17(26)11-12(18(27)28)14(20)16(22)15(21)13(11)19/h2-5,7,10,25H,6H2,1H3,(H,23,26)(H,27,28)/t7-,10-/m0/s1. The number of aromatic carboxylic acids is 1. The van der Waals surface area contributed by atoms with E-state index in [1.54, 1.807) is 19.1 Å². The molecule has 0 heterocycles. The number of hydrogen-bond acceptors (Lipinski definition) is 5. The van der Waals surface area contributed by atoms with Crippen LogP contribution in [0.25, 0.3) is 0 Å². The fourth-order valence-electron chi connectivity index (χ4n) is 2.75. The van der Waals surface area contributed by atoms with Crippen molar-refractivity contribution in [2.24, 2.45) is 0 Å². The fourth-order valence-corrected chi connectivity index (χ4v) is 5.21. The normalized spacial score (nSPS) is 12.9. The number of carboxylic acids is 1. The summed E-state index contributed by atoms with van der Waals surface area (Å²) in [5, 5.41) is 32.9. The van der Waals surface area contributed by atoms with Gasteiger partial charge in [-0.1, -0.05) is 19.1 Å². The van der Waals surface area contributed by atoms with Crippen LogP contribution in [0.15, 0.2) is 42.2 Å². The lowest BCUT2D eigenvalue weighted by atomic mass is 9.93. The van der Waals surface area contributed by atoms with Gasteiger partial charge in [0.1, 0.15) is 0 Å². The highest BCUT2D eigenvalue weighted by Gasteiger charge is 2.30. The molecular weight excluding hydrogens is 660 g/mol. The predicted molar refractivity (Wildman–Crippen MR) is 124 cm³/mol. The Morgan fingerprint density at radius 2 is 1.53 bits per heavy atom. The quantitative estimate of drug-likeness (QED) is 0.160. The van der Waals surface area contributed by atoms with Gasteiger partial charge in [-0.25, -0.2) is 4.79 Å². The number of carbonyl (C=O) groups excluding carboxylic acids is 1. The molecule has 0 aliphatic heterocycles. The largest absolute Gasteiger partial charge is 0.478 e. The minimum atomic E-state index is -1.31. The number of nitrogens with one attached hydrogen (secondary N) is 1. The van der Waals surface area contributed by atoms with Crippen molar-refractivity contribution in [3.05, 3.63) is 69.0 Å². The Morgan fingerprint density at radius 1 is 1.03 bits per heavy atom. The molecule has 2 aromatic rings. The van der Waals surface area contributed by atoms with Crippen molar-refractivity contribution in [1.82, 2.24) is 5.32 Å². The van der Waals surface area contributed by atoms with E-state index in [0.29, 0.717) is 14.5 Å². The zero-order chi connectivity index (χ0) is 22.7. The number of amides is 1. The van der Waals surface area contributed by atoms with Crippen LogP contribution >= 0.6 is 63.7 Å². The molecule has 1 amide bonds. The number of non-ortho nitro benzene ring substituents is 1. The average Bonchev–Trinajstić information content (AvgIpc) is 2.71. The Balaban J connectivity index is 2.40. The summed E-state index contributed by atoms with van der Waals surface area (Å²) < 4.78 is 1.26. The minimum Gasteiger partial charge on any atom is -0.478 e. The first kappa shape index (κ1) is 24.9. The van der Waals surface area contributed by atoms with E-state index in [2.05, 4.69) is 69.0 Å². The second-order valence-corrected chi connectivity index (χ2v) is 9.38. The van der Waals surface area contributed by atoms with Crippen LogP contribution in [0.3, 0.4) is 0 Å². The Labute approximate surface area is 204 Å². The summed E-state index contributed by atoms with van der Waals surface area (Å²) in [5.74, 6) is -2.43. The minimum absolute atomic E-state index is 0.0740. The summed E-state index contributed by atoms with van der Waals surface area (Å²) in [5.41, 5.74) is 0.207. The molecule has 2 aromatic carbocycles. The van der Waals surface area contributed by atoms with E-state index in [1.807, 2.05) is 0 Å². The molecule has 0 unspecified atom stereocenters. The van der Waals surface area contributed by atoms with Crippen molar-refractivity contribution in [3.8, 4) is 0 Å². The highest BCUT2D eigenvalue weighted by atomic mass is 79.9. The van der Waals surface area contributed by atoms with Gasteiger partial charge in [-0.15, -0.1) is 0 Å². The first-order valence-electron chi connectivity index (χ1n) is 8.26. The molecule has 2 atom stereocenters. The lowest BCUT2D eigenvalue weighted by molar-refractivity contribution is -0.384. The van der Waals surface area contributed by atoms with E-state index in [1.165, 1.54) is 12.1 Å². The summed E-state index contributed by atoms with van der Waals surface area (Å²) in [6.07, 6.45) is 0. The number of rotatable bonds is 7. The van der Waals surface area contributed by atoms with Gasteiger partial charge in [0, 0.05) is 35.9 Å². The Bertz CT molecular complexity index is 1010. The third-order valence-corrected chi connectivity index (χ3v) is 9.22. The van der Waals surface area contributed by atoms with Crippen LogP contribution in [0.5, 0.6) is 0 Å². The highest BCUT2D eigenvalue weighted by molar-refractivity contribution is 9.15. The van der Waals surface area contributed by atoms with E-state index < -0.39 is 35.4 Å². The lowest BCUT2D eigenvalue weighted by Gasteiger charge is -2.25. The average molecular weight is 674 g/mol. The van der Waals surface area contributed by atoms with Gasteiger partial charge in [-0.2, -0.15) is 0 Å². The van der Waals surface area contributed by atoms with Crippen LogP contribution in [0, 0.1) is 10.1 Å². The van der Waals surface area contributed by atoms with Crippen molar-refractivity contribution in [2.45, 2.75) is 18.9 Å². The number of nitro benzene ring substituents is 1. The summed E-state index contributed by atoms with van der Waals surface area (Å²) in [6, 6.07) is 4.99. The lowest BCUT2D eigenvalue weighted by Crippen LogP contribution is -2.41. The van der Waals surface area contributed by atoms with Crippen molar-refractivity contribution in [2.75, 3.05) is 6.61 Å². The molecular formula is C18H14Br4N2O6. The predicted octanol–water partition coefficient (Wildman–Crippen LogP) is 5.24. The summed E-state index contributed by atoms with van der Waals surface area (Å²) in [7, 11) is 0. The van der Waals surface area contributed by atoms with Crippen LogP contribution in [-0.2, 0) is 0 Å². The van der Waals surface area contributed by atoms with Gasteiger partial charge in [-0.05, 0) is 69.3 Å². The molecule has 0 saturated heterocycles. The van der Waals surface area contributed by atoms with E-state index in [0.717, 1.165) is 0 Å². The van der Waals surface area contributed by atoms with E-state index in [4.69, 9.17) is 0 Å². The van der Waals surface area contributed by atoms with Gasteiger partial charge in [0.25, 0.3) is 11.6 Å². The second-order valence-electron chi connectivity index (χ2n) is 6.21. The second kappa shape index (κ2) is 10.3. The van der Waals surface area contributed by atoms with Crippen LogP contribution in [0.2, 0.25) is 0 Å². The maximum Gasteiger partial charge on any atom is 0.337 e. The molecule has 12 heteroatoms. The first-order chi connectivity index (χ1) is 14.0. The molecule has 0 spiro atoms. The number of nitro groups is 1. The molecule has 0 aliphatic carbocycles. The molecule has 0 radical (unpaired) electrons. The zero-order valence-corrected chi connectivity index (χ0v) is 21.5. The van der Waals surface area contributed by atoms with Gasteiger partial charge in [-0.3, -0.25) is 14.9 Å². The van der Waals surface area contributed by atoms with Crippen molar-refractivity contribution < 1.29 is 24.7 Å². The van der Waals surface area contributed by atoms with Gasteiger partial charge >= 0.3 is 5.97 Å². The smallest absolute Gasteiger partial charge is 0.337 e. The van der Waals surface area contributed by atoms with Gasteiger partial charge in [0.05, 0.1) is 28.7 Å². The maximum atomic E-state index is 13.0. The van der Waals surface area contributed by atoms with Gasteiger partial charge in [0.15, 0.2) is 0 Å². The van der Waals surface area contributed by atoms with Crippen LogP contribution in [-0.4, -0.2) is 39.7 Å². The number of aliphatic hydroxyl groups excluding tert-OH is 1. The number of halogens is 4. The fraction of sp³-hybridized carbons (Fsp3) is 0.222. The Kier molecular flexibility index (Phi) is 8.57. The van der Waals surface area contributed by atoms with Crippen LogP contribution in [0.1, 0.15) is 39.1 Å². The van der Waals surface area contributed by atoms with Crippen molar-refractivity contribution in [3.63, 3.8) is 0 Å². The number of hydrogen-bond donors (Lipinski definition) is 3. The molecule has 0 bridgehead atoms. The number of carbonyl (C=O) groups is 2. The molecule has 0 aromatic heterocycles. The summed E-state index contributed by atoms with van der Waals surface area (Å²) in [6.45, 7) is 1.31. The number of benzene rings is 2. The third kappa shape index (κ3) is 5.10. The number of nitrogens with zero attached hydrogens (tertiary/aromatic N) is 1. The number of carboxylic acid groups (broad SMARTS) is 1. The topological polar surface area (TPSA) is 130 Å². The summed E-state index contributed by atoms with van der Waals surface area (Å²) in [4.78, 5) is 35.1. The molecule has 0 fully saturated rings. The molecule has 8 nitrogen and oxygen atoms in total. The van der Waals surface area contributed by atoms with Gasteiger partial charge < -0.3 is 15.5 Å². The third-order valence-electron chi connectivity index (χ3n) is 4.45. The molecule has 160 valence electrons. The molecule has 0 saturated carbocycles. The van der Waals surface area contributed by atoms with E-state index in [-0.39, 0.29) is 25.8 Å². The molecule has 3 N–H and O–H groups in total. The Morgan fingerprint density at radius 3 is 1.97 bits per heavy atom. The monoisotopic (exact) mass is 670 g/mol. The van der Waals surface area contributed by atoms with Crippen molar-refractivity contribution >= 4 is 81.3 Å². The van der Waals surface area contributed by atoms with Crippen LogP contribution in [0.4, 0.5) is 5.69 Å². The zero-order valence-electron chi connectivity index (χ0n) is 15.2. The number of aliphatic hydroxyl groups is 1. The van der Waals surface area contributed by atoms with E-state index in [9.17, 15) is 29.9 Å². The molecule has 2 rings (SSSR count). The maximum absolute atomic E-state index is 13.0. The van der Waals surface area contributed by atoms with Crippen LogP contribution < -0.4 is 5.32 Å². The summed E-state index contributed by atoms with van der Waals surface area (Å²) >= 11 is 13.0. The first-order valence-corrected chi connectivity index (χ1v) is 11.4. The van der Waals surface area contributed by atoms with E-state index >= 15 is 0 Å². The van der Waals surface area contributed by atoms with Gasteiger partial charge in [0.2, 0.25) is 0 Å². The highest BCUT2D eigenvalue weighted by Crippen LogP contribution is 2.42. The SMILES string of the molecule is C[C@@H](c1ccc([N+](=O)[O-])cc1)[C@H](CO)NC(=O)c1c(Br)c(Br)c(Br)c(Br)c1C(=O)O. The molecule has 30 heavy (non-hydrogen) atoms. The molecule has 0 aliphatic rings. The Hall–Kier alpha value is -1.34. The van der Waals surface area contributed by atoms with Crippen molar-refractivity contribution in [1.29, 1.82) is 0 Å².